The van der Waals surface area contributed by atoms with Crippen LogP contribution < -0.4 is 10.6 Å². The van der Waals surface area contributed by atoms with Crippen molar-refractivity contribution in [3.63, 3.8) is 0 Å². The Morgan fingerprint density at radius 1 is 1.19 bits per heavy atom. The average Bonchev–Trinajstić information content (AvgIpc) is 3.36. The van der Waals surface area contributed by atoms with E-state index in [1.807, 2.05) is 0 Å². The van der Waals surface area contributed by atoms with Gasteiger partial charge in [-0.2, -0.15) is 0 Å². The minimum atomic E-state index is -0.137. The van der Waals surface area contributed by atoms with Crippen LogP contribution in [0.2, 0.25) is 0 Å². The van der Waals surface area contributed by atoms with Gasteiger partial charge >= 0.3 is 0 Å². The van der Waals surface area contributed by atoms with Crippen molar-refractivity contribution in [3.05, 3.63) is 35.4 Å². The number of rotatable bonds is 5. The minimum absolute atomic E-state index is 0.137. The van der Waals surface area contributed by atoms with E-state index in [0.29, 0.717) is 12.0 Å². The van der Waals surface area contributed by atoms with Crippen LogP contribution >= 0.6 is 0 Å². The van der Waals surface area contributed by atoms with Crippen LogP contribution in [0.1, 0.15) is 43.2 Å². The third kappa shape index (κ3) is 3.95. The first-order chi connectivity index (χ1) is 12.7. The fourth-order valence-corrected chi connectivity index (χ4v) is 4.70. The van der Waals surface area contributed by atoms with Gasteiger partial charge in [0.15, 0.2) is 0 Å². The number of hydrogen-bond acceptors (Lipinski definition) is 4. The summed E-state index contributed by atoms with van der Waals surface area (Å²) in [6, 6.07) is 8.42. The first-order valence-electron chi connectivity index (χ1n) is 10.1. The van der Waals surface area contributed by atoms with Crippen molar-refractivity contribution in [1.29, 1.82) is 0 Å². The van der Waals surface area contributed by atoms with E-state index >= 15 is 0 Å². The zero-order chi connectivity index (χ0) is 18.0. The molecule has 1 amide bonds. The van der Waals surface area contributed by atoms with Gasteiger partial charge in [-0.25, -0.2) is 0 Å². The van der Waals surface area contributed by atoms with Gasteiger partial charge in [0.2, 0.25) is 5.91 Å². The van der Waals surface area contributed by atoms with Gasteiger partial charge in [-0.05, 0) is 61.7 Å². The van der Waals surface area contributed by atoms with Gasteiger partial charge in [-0.15, -0.1) is 0 Å². The van der Waals surface area contributed by atoms with Gasteiger partial charge in [0, 0.05) is 32.1 Å². The third-order valence-electron chi connectivity index (χ3n) is 6.63. The average molecular weight is 357 g/mol. The lowest BCUT2D eigenvalue weighted by atomic mass is 9.92. The molecular formula is C21H31N3O2. The molecule has 0 bridgehead atoms. The Morgan fingerprint density at radius 2 is 1.88 bits per heavy atom. The highest BCUT2D eigenvalue weighted by atomic mass is 16.3. The molecule has 2 saturated heterocycles. The Labute approximate surface area is 156 Å². The molecule has 1 aliphatic carbocycles. The highest BCUT2D eigenvalue weighted by Gasteiger charge is 2.57. The van der Waals surface area contributed by atoms with Gasteiger partial charge in [0.1, 0.15) is 0 Å². The van der Waals surface area contributed by atoms with Crippen LogP contribution in [0.15, 0.2) is 24.3 Å². The summed E-state index contributed by atoms with van der Waals surface area (Å²) >= 11 is 0. The third-order valence-corrected chi connectivity index (χ3v) is 6.63. The SMILES string of the molecule is O=C(NCc1ccccc1CN1CCC(O)CC1)[C@H]1CC12CCNCC2. The number of carbonyl (C=O) groups excluding carboxylic acids is 1. The number of nitrogens with one attached hydrogen (secondary N) is 2. The van der Waals surface area contributed by atoms with E-state index in [2.05, 4.69) is 39.8 Å². The number of aliphatic hydroxyl groups excluding tert-OH is 1. The standard InChI is InChI=1S/C21H31N3O2/c25-18-5-11-24(12-6-18)15-17-4-2-1-3-16(17)14-23-20(26)19-13-21(19)7-9-22-10-8-21/h1-4,18-19,22,25H,5-15H2,(H,23,26)/t19-/m1/s1. The molecule has 1 spiro atoms. The number of piperidine rings is 2. The molecule has 5 nitrogen and oxygen atoms in total. The van der Waals surface area contributed by atoms with Gasteiger partial charge in [0.05, 0.1) is 6.10 Å². The predicted molar refractivity (Wildman–Crippen MR) is 101 cm³/mol. The fraction of sp³-hybridized carbons (Fsp3) is 0.667. The number of nitrogens with zero attached hydrogens (tertiary/aromatic N) is 1. The minimum Gasteiger partial charge on any atom is -0.393 e. The molecule has 0 radical (unpaired) electrons. The fourth-order valence-electron chi connectivity index (χ4n) is 4.70. The maximum atomic E-state index is 12.6. The van der Waals surface area contributed by atoms with Crippen LogP contribution in [-0.2, 0) is 17.9 Å². The van der Waals surface area contributed by atoms with Crippen LogP contribution in [-0.4, -0.2) is 48.2 Å². The topological polar surface area (TPSA) is 64.6 Å². The summed E-state index contributed by atoms with van der Waals surface area (Å²) in [4.78, 5) is 15.0. The molecule has 1 aromatic rings. The first-order valence-corrected chi connectivity index (χ1v) is 10.1. The molecule has 2 heterocycles. The van der Waals surface area contributed by atoms with Crippen LogP contribution in [0.5, 0.6) is 0 Å². The molecule has 3 N–H and O–H groups in total. The van der Waals surface area contributed by atoms with E-state index in [9.17, 15) is 9.90 Å². The molecule has 3 fully saturated rings. The Hall–Kier alpha value is -1.43. The lowest BCUT2D eigenvalue weighted by Gasteiger charge is -2.30. The van der Waals surface area contributed by atoms with Gasteiger partial charge in [-0.3, -0.25) is 9.69 Å². The molecule has 1 atom stereocenters. The largest absolute Gasteiger partial charge is 0.393 e. The molecule has 1 aromatic carbocycles. The lowest BCUT2D eigenvalue weighted by molar-refractivity contribution is -0.123. The molecular weight excluding hydrogens is 326 g/mol. The molecule has 5 heteroatoms. The first kappa shape index (κ1) is 18.0. The number of likely N-dealkylation sites (tertiary alicyclic amines) is 1. The van der Waals surface area contributed by atoms with Crippen molar-refractivity contribution in [2.75, 3.05) is 26.2 Å². The second kappa shape index (κ2) is 7.67. The van der Waals surface area contributed by atoms with Crippen LogP contribution in [0, 0.1) is 11.3 Å². The second-order valence-electron chi connectivity index (χ2n) is 8.36. The molecule has 4 rings (SSSR count). The zero-order valence-electron chi connectivity index (χ0n) is 15.5. The Morgan fingerprint density at radius 3 is 2.62 bits per heavy atom. The summed E-state index contributed by atoms with van der Waals surface area (Å²) in [5.41, 5.74) is 2.80. The van der Waals surface area contributed by atoms with E-state index in [1.54, 1.807) is 0 Å². The molecule has 26 heavy (non-hydrogen) atoms. The van der Waals surface area contributed by atoms with Crippen molar-refractivity contribution in [3.8, 4) is 0 Å². The molecule has 3 aliphatic rings. The molecule has 142 valence electrons. The lowest BCUT2D eigenvalue weighted by Crippen LogP contribution is -2.36. The molecule has 2 aliphatic heterocycles. The summed E-state index contributed by atoms with van der Waals surface area (Å²) in [5, 5.41) is 16.3. The zero-order valence-corrected chi connectivity index (χ0v) is 15.5. The smallest absolute Gasteiger partial charge is 0.223 e. The van der Waals surface area contributed by atoms with Crippen LogP contribution in [0.4, 0.5) is 0 Å². The number of carbonyl (C=O) groups is 1. The van der Waals surface area contributed by atoms with E-state index in [0.717, 1.165) is 64.8 Å². The monoisotopic (exact) mass is 357 g/mol. The van der Waals surface area contributed by atoms with E-state index < -0.39 is 0 Å². The summed E-state index contributed by atoms with van der Waals surface area (Å²) in [7, 11) is 0. The summed E-state index contributed by atoms with van der Waals surface area (Å²) in [6.45, 7) is 5.52. The van der Waals surface area contributed by atoms with E-state index in [-0.39, 0.29) is 17.9 Å². The Bertz CT molecular complexity index is 634. The quantitative estimate of drug-likeness (QED) is 0.750. The van der Waals surface area contributed by atoms with Crippen molar-refractivity contribution in [1.82, 2.24) is 15.5 Å². The molecule has 0 unspecified atom stereocenters. The van der Waals surface area contributed by atoms with Gasteiger partial charge < -0.3 is 15.7 Å². The van der Waals surface area contributed by atoms with Crippen LogP contribution in [0.3, 0.4) is 0 Å². The summed E-state index contributed by atoms with van der Waals surface area (Å²) in [5.74, 6) is 0.461. The number of amides is 1. The maximum Gasteiger partial charge on any atom is 0.223 e. The Kier molecular flexibility index (Phi) is 5.30. The second-order valence-corrected chi connectivity index (χ2v) is 8.36. The predicted octanol–water partition coefficient (Wildman–Crippen LogP) is 1.65. The Balaban J connectivity index is 1.31. The number of benzene rings is 1. The number of hydrogen-bond donors (Lipinski definition) is 3. The summed E-state index contributed by atoms with van der Waals surface area (Å²) in [6.07, 6.45) is 4.93. The van der Waals surface area contributed by atoms with Gasteiger partial charge in [-0.1, -0.05) is 24.3 Å². The maximum absolute atomic E-state index is 12.6. The van der Waals surface area contributed by atoms with Crippen molar-refractivity contribution in [2.24, 2.45) is 11.3 Å². The van der Waals surface area contributed by atoms with Gasteiger partial charge in [0.25, 0.3) is 0 Å². The highest BCUT2D eigenvalue weighted by molar-refractivity contribution is 5.82. The van der Waals surface area contributed by atoms with E-state index in [1.165, 1.54) is 11.1 Å². The van der Waals surface area contributed by atoms with E-state index in [4.69, 9.17) is 0 Å². The molecule has 1 saturated carbocycles. The van der Waals surface area contributed by atoms with Crippen molar-refractivity contribution < 1.29 is 9.90 Å². The molecule has 0 aromatic heterocycles. The summed E-state index contributed by atoms with van der Waals surface area (Å²) < 4.78 is 0. The van der Waals surface area contributed by atoms with Crippen molar-refractivity contribution >= 4 is 5.91 Å². The number of aliphatic hydroxyl groups is 1. The normalized spacial score (nSPS) is 26.0. The van der Waals surface area contributed by atoms with Crippen molar-refractivity contribution in [2.45, 2.75) is 51.3 Å². The highest BCUT2D eigenvalue weighted by Crippen LogP contribution is 2.58. The van der Waals surface area contributed by atoms with Crippen LogP contribution in [0.25, 0.3) is 0 Å².